The van der Waals surface area contributed by atoms with Gasteiger partial charge in [0.1, 0.15) is 10.0 Å². The Hall–Kier alpha value is -2.03. The Bertz CT molecular complexity index is 944. The Morgan fingerprint density at radius 2 is 1.88 bits per heavy atom. The van der Waals surface area contributed by atoms with Gasteiger partial charge in [0.25, 0.3) is 10.0 Å². The number of carboxylic acid groups (broad SMARTS) is 1. The molecule has 138 valence electrons. The largest absolute Gasteiger partial charge is 0.478 e. The van der Waals surface area contributed by atoms with Gasteiger partial charge < -0.3 is 5.11 Å². The second-order valence-corrected chi connectivity index (χ2v) is 9.25. The third-order valence-electron chi connectivity index (χ3n) is 4.15. The first-order valence-electron chi connectivity index (χ1n) is 8.19. The molecule has 5 nitrogen and oxygen atoms in total. The van der Waals surface area contributed by atoms with Gasteiger partial charge >= 0.3 is 5.97 Å². The number of rotatable bonds is 5. The normalized spacial score (nSPS) is 16.6. The standard InChI is InChI=1S/C18H18FNO4S2/c19-14-6-4-5-13(11-14)12-15(18(21)22)16-7-8-17(25-16)26(23,24)20-9-2-1-3-10-20/h4-8,11-12H,1-3,9-10H2,(H,21,22)/b15-12-. The summed E-state index contributed by atoms with van der Waals surface area (Å²) < 4.78 is 40.3. The van der Waals surface area contributed by atoms with E-state index in [0.717, 1.165) is 30.6 Å². The zero-order valence-electron chi connectivity index (χ0n) is 13.9. The molecule has 0 saturated carbocycles. The molecule has 1 saturated heterocycles. The van der Waals surface area contributed by atoms with E-state index in [-0.39, 0.29) is 9.78 Å². The fourth-order valence-corrected chi connectivity index (χ4v) is 5.82. The van der Waals surface area contributed by atoms with E-state index in [2.05, 4.69) is 0 Å². The molecule has 2 heterocycles. The van der Waals surface area contributed by atoms with Crippen molar-refractivity contribution in [3.63, 3.8) is 0 Å². The van der Waals surface area contributed by atoms with Crippen LogP contribution in [0.4, 0.5) is 4.39 Å². The summed E-state index contributed by atoms with van der Waals surface area (Å²) in [5.74, 6) is -1.67. The molecule has 1 fully saturated rings. The SMILES string of the molecule is O=C(O)/C(=C\c1cccc(F)c1)c1ccc(S(=O)(=O)N2CCCCC2)s1. The van der Waals surface area contributed by atoms with Crippen LogP contribution in [0.2, 0.25) is 0 Å². The van der Waals surface area contributed by atoms with E-state index in [1.165, 1.54) is 40.7 Å². The number of hydrogen-bond donors (Lipinski definition) is 1. The van der Waals surface area contributed by atoms with Gasteiger partial charge in [-0.1, -0.05) is 18.6 Å². The van der Waals surface area contributed by atoms with Crippen molar-refractivity contribution in [1.29, 1.82) is 0 Å². The molecule has 0 atom stereocenters. The van der Waals surface area contributed by atoms with Gasteiger partial charge in [-0.2, -0.15) is 4.31 Å². The summed E-state index contributed by atoms with van der Waals surface area (Å²) >= 11 is 0.921. The number of hydrogen-bond acceptors (Lipinski definition) is 4. The highest BCUT2D eigenvalue weighted by atomic mass is 32.2. The Morgan fingerprint density at radius 3 is 2.54 bits per heavy atom. The minimum Gasteiger partial charge on any atom is -0.478 e. The highest BCUT2D eigenvalue weighted by molar-refractivity contribution is 7.91. The summed E-state index contributed by atoms with van der Waals surface area (Å²) in [6.45, 7) is 0.973. The average Bonchev–Trinajstić information content (AvgIpc) is 3.11. The molecule has 3 rings (SSSR count). The van der Waals surface area contributed by atoms with Gasteiger partial charge in [0.2, 0.25) is 0 Å². The number of nitrogens with zero attached hydrogens (tertiary/aromatic N) is 1. The summed E-state index contributed by atoms with van der Waals surface area (Å²) in [5.41, 5.74) is 0.330. The monoisotopic (exact) mass is 395 g/mol. The predicted molar refractivity (Wildman–Crippen MR) is 98.8 cm³/mol. The van der Waals surface area contributed by atoms with Gasteiger partial charge in [-0.3, -0.25) is 0 Å². The van der Waals surface area contributed by atoms with Gasteiger partial charge in [0.15, 0.2) is 0 Å². The highest BCUT2D eigenvalue weighted by Crippen LogP contribution is 2.32. The van der Waals surface area contributed by atoms with Crippen molar-refractivity contribution >= 4 is 39.0 Å². The Morgan fingerprint density at radius 1 is 1.15 bits per heavy atom. The molecule has 8 heteroatoms. The first kappa shape index (κ1) is 18.8. The first-order chi connectivity index (χ1) is 12.4. The minimum atomic E-state index is -3.61. The number of thiophene rings is 1. The maximum Gasteiger partial charge on any atom is 0.337 e. The molecule has 26 heavy (non-hydrogen) atoms. The molecule has 1 aromatic heterocycles. The topological polar surface area (TPSA) is 74.7 Å². The van der Waals surface area contributed by atoms with Crippen molar-refractivity contribution in [1.82, 2.24) is 4.31 Å². The third-order valence-corrected chi connectivity index (χ3v) is 7.63. The first-order valence-corrected chi connectivity index (χ1v) is 10.4. The van der Waals surface area contributed by atoms with E-state index in [9.17, 15) is 22.7 Å². The zero-order valence-corrected chi connectivity index (χ0v) is 15.5. The molecule has 0 spiro atoms. The molecular weight excluding hydrogens is 377 g/mol. The number of benzene rings is 1. The van der Waals surface area contributed by atoms with Gasteiger partial charge in [0.05, 0.1) is 5.57 Å². The van der Waals surface area contributed by atoms with E-state index < -0.39 is 21.8 Å². The lowest BCUT2D eigenvalue weighted by Gasteiger charge is -2.25. The van der Waals surface area contributed by atoms with Crippen LogP contribution in [0.15, 0.2) is 40.6 Å². The number of aliphatic carboxylic acids is 1. The summed E-state index contributed by atoms with van der Waals surface area (Å²) in [5, 5.41) is 9.50. The van der Waals surface area contributed by atoms with E-state index in [1.54, 1.807) is 6.07 Å². The lowest BCUT2D eigenvalue weighted by atomic mass is 10.1. The van der Waals surface area contributed by atoms with Crippen molar-refractivity contribution < 1.29 is 22.7 Å². The fourth-order valence-electron chi connectivity index (χ4n) is 2.84. The number of halogens is 1. The summed E-state index contributed by atoms with van der Waals surface area (Å²) in [4.78, 5) is 12.0. The molecular formula is C18H18FNO4S2. The molecule has 2 aromatic rings. The molecule has 0 aliphatic carbocycles. The van der Waals surface area contributed by atoms with E-state index in [1.807, 2.05) is 0 Å². The van der Waals surface area contributed by atoms with Crippen molar-refractivity contribution in [2.24, 2.45) is 0 Å². The maximum absolute atomic E-state index is 13.3. The third kappa shape index (κ3) is 4.03. The Labute approximate surface area is 155 Å². The van der Waals surface area contributed by atoms with Gasteiger partial charge in [-0.25, -0.2) is 17.6 Å². The zero-order chi connectivity index (χ0) is 18.7. The van der Waals surface area contributed by atoms with Gasteiger partial charge in [0, 0.05) is 18.0 Å². The molecule has 0 amide bonds. The van der Waals surface area contributed by atoms with Crippen LogP contribution in [0.1, 0.15) is 29.7 Å². The summed E-state index contributed by atoms with van der Waals surface area (Å²) in [6, 6.07) is 8.49. The van der Waals surface area contributed by atoms with Crippen LogP contribution >= 0.6 is 11.3 Å². The number of carboxylic acids is 1. The van der Waals surface area contributed by atoms with Gasteiger partial charge in [-0.05, 0) is 48.7 Å². The van der Waals surface area contributed by atoms with Crippen LogP contribution in [0.5, 0.6) is 0 Å². The molecule has 1 aromatic carbocycles. The molecule has 1 aliphatic heterocycles. The minimum absolute atomic E-state index is 0.0688. The van der Waals surface area contributed by atoms with Crippen LogP contribution in [-0.4, -0.2) is 36.9 Å². The highest BCUT2D eigenvalue weighted by Gasteiger charge is 2.28. The average molecular weight is 395 g/mol. The molecule has 0 radical (unpaired) electrons. The predicted octanol–water partition coefficient (Wildman–Crippen LogP) is 3.69. The van der Waals surface area contributed by atoms with Crippen LogP contribution in [0.25, 0.3) is 11.6 Å². The summed E-state index contributed by atoms with van der Waals surface area (Å²) in [6.07, 6.45) is 4.02. The number of piperidine rings is 1. The van der Waals surface area contributed by atoms with E-state index in [4.69, 9.17) is 0 Å². The lowest BCUT2D eigenvalue weighted by molar-refractivity contribution is -0.130. The molecule has 0 bridgehead atoms. The van der Waals surface area contributed by atoms with Crippen LogP contribution < -0.4 is 0 Å². The van der Waals surface area contributed by atoms with E-state index in [0.29, 0.717) is 23.5 Å². The maximum atomic E-state index is 13.3. The second-order valence-electron chi connectivity index (χ2n) is 6.00. The van der Waals surface area contributed by atoms with Crippen LogP contribution in [0.3, 0.4) is 0 Å². The van der Waals surface area contributed by atoms with E-state index >= 15 is 0 Å². The smallest absolute Gasteiger partial charge is 0.337 e. The molecule has 1 aliphatic rings. The van der Waals surface area contributed by atoms with Crippen molar-refractivity contribution in [2.45, 2.75) is 23.5 Å². The summed E-state index contributed by atoms with van der Waals surface area (Å²) in [7, 11) is -3.61. The molecule has 0 unspecified atom stereocenters. The number of carbonyl (C=O) groups is 1. The van der Waals surface area contributed by atoms with Crippen LogP contribution in [0, 0.1) is 5.82 Å². The quantitative estimate of drug-likeness (QED) is 0.784. The van der Waals surface area contributed by atoms with Crippen molar-refractivity contribution in [2.75, 3.05) is 13.1 Å². The fraction of sp³-hybridized carbons (Fsp3) is 0.278. The van der Waals surface area contributed by atoms with Crippen LogP contribution in [-0.2, 0) is 14.8 Å². The molecule has 1 N–H and O–H groups in total. The van der Waals surface area contributed by atoms with Gasteiger partial charge in [-0.15, -0.1) is 11.3 Å². The number of sulfonamides is 1. The van der Waals surface area contributed by atoms with Crippen molar-refractivity contribution in [3.8, 4) is 0 Å². The van der Waals surface area contributed by atoms with Crippen molar-refractivity contribution in [3.05, 3.63) is 52.7 Å². The Balaban J connectivity index is 1.94. The second kappa shape index (κ2) is 7.69. The lowest BCUT2D eigenvalue weighted by Crippen LogP contribution is -2.35. The Kier molecular flexibility index (Phi) is 5.55.